The number of carbonyl (C=O) groups excluding carboxylic acids is 2. The maximum absolute atomic E-state index is 12.0. The van der Waals surface area contributed by atoms with Gasteiger partial charge in [-0.3, -0.25) is 9.59 Å². The van der Waals surface area contributed by atoms with Crippen LogP contribution in [-0.2, 0) is 9.59 Å². The Morgan fingerprint density at radius 2 is 2.16 bits per heavy atom. The second-order valence-electron chi connectivity index (χ2n) is 5.26. The first-order valence-corrected chi connectivity index (χ1v) is 6.55. The van der Waals surface area contributed by atoms with Crippen molar-refractivity contribution in [2.45, 2.75) is 25.8 Å². The van der Waals surface area contributed by atoms with Gasteiger partial charge in [0.1, 0.15) is 6.04 Å². The highest BCUT2D eigenvalue weighted by molar-refractivity contribution is 5.87. The van der Waals surface area contributed by atoms with Gasteiger partial charge in [0.05, 0.1) is 5.92 Å². The zero-order valence-electron chi connectivity index (χ0n) is 10.9. The average Bonchev–Trinajstić information content (AvgIpc) is 2.74. The van der Waals surface area contributed by atoms with E-state index in [0.29, 0.717) is 19.5 Å². The van der Waals surface area contributed by atoms with Crippen LogP contribution < -0.4 is 10.6 Å². The molecule has 7 heteroatoms. The zero-order chi connectivity index (χ0) is 14.0. The van der Waals surface area contributed by atoms with Gasteiger partial charge in [0.25, 0.3) is 0 Å². The molecule has 106 valence electrons. The number of hydrogen-bond donors (Lipinski definition) is 3. The van der Waals surface area contributed by atoms with Crippen molar-refractivity contribution in [2.24, 2.45) is 11.8 Å². The lowest BCUT2D eigenvalue weighted by Crippen LogP contribution is -2.53. The number of carboxylic acid groups (broad SMARTS) is 1. The molecule has 3 N–H and O–H groups in total. The largest absolute Gasteiger partial charge is 0.481 e. The summed E-state index contributed by atoms with van der Waals surface area (Å²) in [5.74, 6) is -1.63. The van der Waals surface area contributed by atoms with Gasteiger partial charge in [-0.1, -0.05) is 6.92 Å². The summed E-state index contributed by atoms with van der Waals surface area (Å²) >= 11 is 0. The van der Waals surface area contributed by atoms with Gasteiger partial charge in [0, 0.05) is 19.6 Å². The molecular weight excluding hydrogens is 250 g/mol. The molecule has 19 heavy (non-hydrogen) atoms. The molecule has 2 aliphatic heterocycles. The van der Waals surface area contributed by atoms with Gasteiger partial charge in [0.15, 0.2) is 0 Å². The molecule has 0 aromatic rings. The second kappa shape index (κ2) is 5.46. The predicted octanol–water partition coefficient (Wildman–Crippen LogP) is -0.373. The highest BCUT2D eigenvalue weighted by atomic mass is 16.4. The highest BCUT2D eigenvalue weighted by Crippen LogP contribution is 2.23. The lowest BCUT2D eigenvalue weighted by atomic mass is 9.99. The molecule has 0 aromatic heterocycles. The molecular formula is C12H19N3O4. The third kappa shape index (κ3) is 2.97. The molecule has 3 amide bonds. The zero-order valence-corrected chi connectivity index (χ0v) is 10.9. The Kier molecular flexibility index (Phi) is 3.92. The van der Waals surface area contributed by atoms with Crippen LogP contribution in [-0.4, -0.2) is 53.6 Å². The predicted molar refractivity (Wildman–Crippen MR) is 66.4 cm³/mol. The first-order chi connectivity index (χ1) is 8.99. The van der Waals surface area contributed by atoms with Crippen LogP contribution in [0.25, 0.3) is 0 Å². The van der Waals surface area contributed by atoms with Gasteiger partial charge in [-0.05, 0) is 18.8 Å². The average molecular weight is 269 g/mol. The molecule has 2 heterocycles. The number of nitrogens with zero attached hydrogens (tertiary/aromatic N) is 1. The normalized spacial score (nSPS) is 30.9. The molecule has 0 aromatic carbocycles. The van der Waals surface area contributed by atoms with Crippen LogP contribution >= 0.6 is 0 Å². The summed E-state index contributed by atoms with van der Waals surface area (Å²) in [5.41, 5.74) is 0. The Balaban J connectivity index is 1.90. The third-order valence-corrected chi connectivity index (χ3v) is 3.80. The lowest BCUT2D eigenvalue weighted by Gasteiger charge is -2.25. The number of carboxylic acids is 1. The number of rotatable bonds is 2. The van der Waals surface area contributed by atoms with Gasteiger partial charge in [0.2, 0.25) is 5.91 Å². The molecule has 0 bridgehead atoms. The van der Waals surface area contributed by atoms with E-state index < -0.39 is 17.9 Å². The van der Waals surface area contributed by atoms with Gasteiger partial charge in [-0.15, -0.1) is 0 Å². The number of urea groups is 1. The number of carbonyl (C=O) groups is 3. The highest BCUT2D eigenvalue weighted by Gasteiger charge is 2.38. The van der Waals surface area contributed by atoms with Crippen molar-refractivity contribution >= 4 is 17.9 Å². The minimum Gasteiger partial charge on any atom is -0.481 e. The number of hydrogen-bond acceptors (Lipinski definition) is 3. The minimum absolute atomic E-state index is 0.0663. The Labute approximate surface area is 111 Å². The van der Waals surface area contributed by atoms with Gasteiger partial charge >= 0.3 is 12.0 Å². The molecule has 2 saturated heterocycles. The quantitative estimate of drug-likeness (QED) is 0.636. The summed E-state index contributed by atoms with van der Waals surface area (Å²) < 4.78 is 0. The van der Waals surface area contributed by atoms with Crippen LogP contribution in [0.1, 0.15) is 19.8 Å². The summed E-state index contributed by atoms with van der Waals surface area (Å²) in [6.07, 6.45) is 1.47. The van der Waals surface area contributed by atoms with E-state index in [2.05, 4.69) is 10.6 Å². The van der Waals surface area contributed by atoms with Crippen molar-refractivity contribution in [1.82, 2.24) is 15.5 Å². The molecule has 2 rings (SSSR count). The smallest absolute Gasteiger partial charge is 0.318 e. The Bertz CT molecular complexity index is 398. The van der Waals surface area contributed by atoms with Gasteiger partial charge in [-0.2, -0.15) is 0 Å². The van der Waals surface area contributed by atoms with E-state index in [1.165, 1.54) is 4.90 Å². The molecule has 0 saturated carbocycles. The molecule has 0 spiro atoms. The molecule has 7 nitrogen and oxygen atoms in total. The molecule has 2 aliphatic rings. The van der Waals surface area contributed by atoms with Crippen molar-refractivity contribution in [3.05, 3.63) is 0 Å². The fourth-order valence-electron chi connectivity index (χ4n) is 2.60. The maximum atomic E-state index is 12.0. The Hall–Kier alpha value is -1.79. The van der Waals surface area contributed by atoms with Crippen LogP contribution in [0, 0.1) is 11.8 Å². The maximum Gasteiger partial charge on any atom is 0.318 e. The monoisotopic (exact) mass is 269 g/mol. The second-order valence-corrected chi connectivity index (χ2v) is 5.26. The minimum atomic E-state index is -0.877. The Morgan fingerprint density at radius 3 is 2.74 bits per heavy atom. The summed E-state index contributed by atoms with van der Waals surface area (Å²) in [6, 6.07) is -0.849. The van der Waals surface area contributed by atoms with Crippen molar-refractivity contribution in [3.8, 4) is 0 Å². The summed E-state index contributed by atoms with van der Waals surface area (Å²) in [6.45, 7) is 3.08. The van der Waals surface area contributed by atoms with Crippen molar-refractivity contribution in [2.75, 3.05) is 19.6 Å². The standard InChI is InChI=1S/C12H19N3O4/c1-7-5-15(6-8(7)11(17)18)12(19)14-9-3-2-4-13-10(9)16/h7-9H,2-6H2,1H3,(H,13,16)(H,14,19)(H,17,18)/t7-,8-,9?/m1/s1. The number of likely N-dealkylation sites (tertiary alicyclic amines) is 1. The first-order valence-electron chi connectivity index (χ1n) is 6.55. The lowest BCUT2D eigenvalue weighted by molar-refractivity contribution is -0.142. The first kappa shape index (κ1) is 13.6. The number of nitrogens with one attached hydrogen (secondary N) is 2. The number of aliphatic carboxylic acids is 1. The summed E-state index contributed by atoms with van der Waals surface area (Å²) in [7, 11) is 0. The van der Waals surface area contributed by atoms with Crippen LogP contribution in [0.2, 0.25) is 0 Å². The van der Waals surface area contributed by atoms with E-state index in [4.69, 9.17) is 5.11 Å². The fraction of sp³-hybridized carbons (Fsp3) is 0.750. The molecule has 3 atom stereocenters. The molecule has 0 aliphatic carbocycles. The van der Waals surface area contributed by atoms with Crippen LogP contribution in [0.5, 0.6) is 0 Å². The van der Waals surface area contributed by atoms with E-state index in [1.54, 1.807) is 0 Å². The van der Waals surface area contributed by atoms with E-state index in [-0.39, 0.29) is 24.4 Å². The van der Waals surface area contributed by atoms with E-state index >= 15 is 0 Å². The van der Waals surface area contributed by atoms with Gasteiger partial charge in [-0.25, -0.2) is 4.79 Å². The van der Waals surface area contributed by atoms with Crippen LogP contribution in [0.3, 0.4) is 0 Å². The van der Waals surface area contributed by atoms with Gasteiger partial charge < -0.3 is 20.6 Å². The SMILES string of the molecule is C[C@@H]1CN(C(=O)NC2CCCNC2=O)C[C@H]1C(=O)O. The fourth-order valence-corrected chi connectivity index (χ4v) is 2.60. The molecule has 0 radical (unpaired) electrons. The number of piperidine rings is 1. The summed E-state index contributed by atoms with van der Waals surface area (Å²) in [4.78, 5) is 36.0. The number of amides is 3. The van der Waals surface area contributed by atoms with E-state index in [0.717, 1.165) is 6.42 Å². The van der Waals surface area contributed by atoms with E-state index in [9.17, 15) is 14.4 Å². The molecule has 1 unspecified atom stereocenters. The van der Waals surface area contributed by atoms with E-state index in [1.807, 2.05) is 6.92 Å². The summed E-state index contributed by atoms with van der Waals surface area (Å²) in [5, 5.41) is 14.4. The van der Waals surface area contributed by atoms with Crippen LogP contribution in [0.15, 0.2) is 0 Å². The van der Waals surface area contributed by atoms with Crippen molar-refractivity contribution in [3.63, 3.8) is 0 Å². The topological polar surface area (TPSA) is 98.7 Å². The van der Waals surface area contributed by atoms with Crippen molar-refractivity contribution in [1.29, 1.82) is 0 Å². The molecule has 2 fully saturated rings. The third-order valence-electron chi connectivity index (χ3n) is 3.80. The van der Waals surface area contributed by atoms with Crippen LogP contribution in [0.4, 0.5) is 4.79 Å². The Morgan fingerprint density at radius 1 is 1.42 bits per heavy atom. The van der Waals surface area contributed by atoms with Crippen molar-refractivity contribution < 1.29 is 19.5 Å².